The molecule has 3 aromatic rings. The lowest BCUT2D eigenvalue weighted by molar-refractivity contribution is 0.303. The van der Waals surface area contributed by atoms with Crippen LogP contribution in [0.15, 0.2) is 36.4 Å². The molecule has 0 saturated carbocycles. The molecule has 0 radical (unpaired) electrons. The fourth-order valence-corrected chi connectivity index (χ4v) is 3.59. The lowest BCUT2D eigenvalue weighted by Gasteiger charge is -2.20. The van der Waals surface area contributed by atoms with Crippen LogP contribution in [0.1, 0.15) is 29.3 Å². The average Bonchev–Trinajstić information content (AvgIpc) is 2.94. The van der Waals surface area contributed by atoms with Crippen molar-refractivity contribution >= 4 is 17.3 Å². The van der Waals surface area contributed by atoms with Crippen molar-refractivity contribution < 1.29 is 4.74 Å². The van der Waals surface area contributed by atoms with Gasteiger partial charge < -0.3 is 9.75 Å². The topological polar surface area (TPSA) is 56.3 Å². The van der Waals surface area contributed by atoms with Crippen LogP contribution in [0.25, 0.3) is 11.3 Å². The van der Waals surface area contributed by atoms with E-state index < -0.39 is 0 Å². The second-order valence-electron chi connectivity index (χ2n) is 7.02. The van der Waals surface area contributed by atoms with Crippen molar-refractivity contribution in [3.8, 4) is 17.0 Å². The minimum atomic E-state index is 0.463. The Kier molecular flexibility index (Phi) is 5.96. The van der Waals surface area contributed by atoms with Crippen molar-refractivity contribution in [1.82, 2.24) is 9.78 Å². The van der Waals surface area contributed by atoms with Crippen LogP contribution < -0.4 is 15.6 Å². The second-order valence-corrected chi connectivity index (χ2v) is 7.40. The van der Waals surface area contributed by atoms with Crippen LogP contribution in [0, 0.1) is 13.8 Å². The van der Waals surface area contributed by atoms with E-state index in [9.17, 15) is 0 Å². The number of benzene rings is 2. The molecule has 0 spiro atoms. The Morgan fingerprint density at radius 2 is 1.96 bits per heavy atom. The monoisotopic (exact) mass is 398 g/mol. The Hall–Kier alpha value is -2.50. The molecule has 148 valence electrons. The highest BCUT2D eigenvalue weighted by atomic mass is 35.5. The molecule has 0 aliphatic carbocycles. The van der Waals surface area contributed by atoms with Gasteiger partial charge in [-0.3, -0.25) is 4.68 Å². The highest BCUT2D eigenvalue weighted by Gasteiger charge is 2.15. The highest BCUT2D eigenvalue weighted by Crippen LogP contribution is 2.33. The first-order valence-electron chi connectivity index (χ1n) is 9.35. The molecule has 28 heavy (non-hydrogen) atoms. The molecule has 0 aliphatic heterocycles. The third-order valence-corrected chi connectivity index (χ3v) is 5.54. The lowest BCUT2D eigenvalue weighted by Crippen LogP contribution is -2.27. The summed E-state index contributed by atoms with van der Waals surface area (Å²) in [5.41, 5.74) is 7.08. The standard InChI is InChI=1S/C22H27ClN4O/c1-6-16-8-7-9-19(26(4)24)18(16)13-28-20-11-10-17(12-14(20)2)22-21(23)15(3)27(5)25-22/h7-12H,6,13,24H2,1-5H3. The number of rotatable bonds is 6. The first kappa shape index (κ1) is 20.2. The van der Waals surface area contributed by atoms with E-state index in [2.05, 4.69) is 24.2 Å². The van der Waals surface area contributed by atoms with Crippen molar-refractivity contribution in [3.63, 3.8) is 0 Å². The fourth-order valence-electron chi connectivity index (χ4n) is 3.32. The van der Waals surface area contributed by atoms with Gasteiger partial charge >= 0.3 is 0 Å². The van der Waals surface area contributed by atoms with E-state index in [1.165, 1.54) is 5.56 Å². The van der Waals surface area contributed by atoms with Crippen LogP contribution in [-0.2, 0) is 20.1 Å². The molecule has 5 nitrogen and oxygen atoms in total. The van der Waals surface area contributed by atoms with E-state index in [1.54, 1.807) is 9.69 Å². The van der Waals surface area contributed by atoms with Crippen LogP contribution in [0.4, 0.5) is 5.69 Å². The van der Waals surface area contributed by atoms with Gasteiger partial charge in [-0.25, -0.2) is 5.84 Å². The number of anilines is 1. The van der Waals surface area contributed by atoms with Crippen molar-refractivity contribution in [3.05, 3.63) is 63.8 Å². The van der Waals surface area contributed by atoms with Crippen LogP contribution >= 0.6 is 11.6 Å². The van der Waals surface area contributed by atoms with Crippen molar-refractivity contribution in [2.75, 3.05) is 12.1 Å². The zero-order valence-corrected chi connectivity index (χ0v) is 17.8. The summed E-state index contributed by atoms with van der Waals surface area (Å²) in [6.07, 6.45) is 0.926. The van der Waals surface area contributed by atoms with Gasteiger partial charge in [0, 0.05) is 25.2 Å². The summed E-state index contributed by atoms with van der Waals surface area (Å²) in [6, 6.07) is 12.2. The maximum Gasteiger partial charge on any atom is 0.122 e. The fraction of sp³-hybridized carbons (Fsp3) is 0.318. The summed E-state index contributed by atoms with van der Waals surface area (Å²) in [6.45, 7) is 6.59. The van der Waals surface area contributed by atoms with Crippen molar-refractivity contribution in [1.29, 1.82) is 0 Å². The minimum Gasteiger partial charge on any atom is -0.489 e. The highest BCUT2D eigenvalue weighted by molar-refractivity contribution is 6.33. The van der Waals surface area contributed by atoms with E-state index in [0.717, 1.165) is 45.9 Å². The van der Waals surface area contributed by atoms with Gasteiger partial charge in [0.15, 0.2) is 0 Å². The van der Waals surface area contributed by atoms with E-state index in [-0.39, 0.29) is 0 Å². The maximum atomic E-state index is 6.43. The van der Waals surface area contributed by atoms with Gasteiger partial charge in [-0.15, -0.1) is 0 Å². The van der Waals surface area contributed by atoms with Gasteiger partial charge in [-0.05, 0) is 55.7 Å². The molecule has 0 fully saturated rings. The molecule has 1 heterocycles. The molecule has 2 N–H and O–H groups in total. The van der Waals surface area contributed by atoms with Gasteiger partial charge in [0.05, 0.1) is 16.4 Å². The van der Waals surface area contributed by atoms with Crippen molar-refractivity contribution in [2.24, 2.45) is 12.9 Å². The number of aryl methyl sites for hydroxylation is 3. The third kappa shape index (κ3) is 3.86. The summed E-state index contributed by atoms with van der Waals surface area (Å²) < 4.78 is 7.96. The first-order chi connectivity index (χ1) is 13.3. The normalized spacial score (nSPS) is 11.0. The molecule has 0 aliphatic rings. The average molecular weight is 399 g/mol. The molecule has 0 unspecified atom stereocenters. The summed E-state index contributed by atoms with van der Waals surface area (Å²) in [5, 5.41) is 6.84. The zero-order chi connectivity index (χ0) is 20.4. The number of hydrogen-bond acceptors (Lipinski definition) is 4. The molecule has 6 heteroatoms. The van der Waals surface area contributed by atoms with Gasteiger partial charge in [0.25, 0.3) is 0 Å². The Labute approximate surface area is 171 Å². The van der Waals surface area contributed by atoms with Gasteiger partial charge in [-0.2, -0.15) is 5.10 Å². The van der Waals surface area contributed by atoms with Crippen LogP contribution in [0.3, 0.4) is 0 Å². The Bertz CT molecular complexity index is 994. The van der Waals surface area contributed by atoms with Crippen LogP contribution in [0.5, 0.6) is 5.75 Å². The molecule has 1 aromatic heterocycles. The van der Waals surface area contributed by atoms with Gasteiger partial charge in [0.1, 0.15) is 18.1 Å². The summed E-state index contributed by atoms with van der Waals surface area (Å²) in [7, 11) is 3.74. The number of nitrogens with two attached hydrogens (primary N) is 1. The smallest absolute Gasteiger partial charge is 0.122 e. The van der Waals surface area contributed by atoms with Crippen molar-refractivity contribution in [2.45, 2.75) is 33.8 Å². The molecule has 3 rings (SSSR count). The van der Waals surface area contributed by atoms with Gasteiger partial charge in [0.2, 0.25) is 0 Å². The minimum absolute atomic E-state index is 0.463. The number of hydrogen-bond donors (Lipinski definition) is 1. The third-order valence-electron chi connectivity index (χ3n) is 5.09. The second kappa shape index (κ2) is 8.25. The lowest BCUT2D eigenvalue weighted by atomic mass is 10.0. The molecular formula is C22H27ClN4O. The van der Waals surface area contributed by atoms with Crippen LogP contribution in [0.2, 0.25) is 5.02 Å². The number of nitrogens with zero attached hydrogens (tertiary/aromatic N) is 3. The maximum absolute atomic E-state index is 6.43. The first-order valence-corrected chi connectivity index (χ1v) is 9.73. The molecular weight excluding hydrogens is 372 g/mol. The number of ether oxygens (including phenoxy) is 1. The molecule has 2 aromatic carbocycles. The quantitative estimate of drug-likeness (QED) is 0.478. The molecule has 0 saturated heterocycles. The van der Waals surface area contributed by atoms with E-state index >= 15 is 0 Å². The Morgan fingerprint density at radius 1 is 1.21 bits per heavy atom. The summed E-state index contributed by atoms with van der Waals surface area (Å²) in [4.78, 5) is 0. The molecule has 0 bridgehead atoms. The van der Waals surface area contributed by atoms with E-state index in [0.29, 0.717) is 11.6 Å². The van der Waals surface area contributed by atoms with E-state index in [1.807, 2.05) is 52.2 Å². The Balaban J connectivity index is 1.86. The SMILES string of the molecule is CCc1cccc(N(C)N)c1COc1ccc(-c2nn(C)c(C)c2Cl)cc1C. The number of aromatic nitrogens is 2. The summed E-state index contributed by atoms with van der Waals surface area (Å²) in [5.74, 6) is 6.84. The summed E-state index contributed by atoms with van der Waals surface area (Å²) >= 11 is 6.43. The number of halogens is 1. The van der Waals surface area contributed by atoms with Crippen LogP contribution in [-0.4, -0.2) is 16.8 Å². The largest absolute Gasteiger partial charge is 0.489 e. The number of hydrazine groups is 1. The molecule has 0 amide bonds. The van der Waals surface area contributed by atoms with E-state index in [4.69, 9.17) is 22.2 Å². The predicted octanol–water partition coefficient (Wildman–Crippen LogP) is 4.81. The van der Waals surface area contributed by atoms with Gasteiger partial charge in [-0.1, -0.05) is 30.7 Å². The predicted molar refractivity (Wildman–Crippen MR) is 116 cm³/mol. The molecule has 0 atom stereocenters. The zero-order valence-electron chi connectivity index (χ0n) is 17.1. The Morgan fingerprint density at radius 3 is 2.54 bits per heavy atom.